The summed E-state index contributed by atoms with van der Waals surface area (Å²) in [5, 5.41) is 8.41. The van der Waals surface area contributed by atoms with E-state index in [0.29, 0.717) is 21.1 Å². The molecule has 0 saturated carbocycles. The van der Waals surface area contributed by atoms with E-state index in [9.17, 15) is 21.6 Å². The van der Waals surface area contributed by atoms with Gasteiger partial charge in [0, 0.05) is 18.1 Å². The van der Waals surface area contributed by atoms with Crippen molar-refractivity contribution in [2.24, 2.45) is 5.14 Å². The molecule has 7 nitrogen and oxygen atoms in total. The predicted octanol–water partition coefficient (Wildman–Crippen LogP) is 4.19. The van der Waals surface area contributed by atoms with Crippen LogP contribution in [0.1, 0.15) is 30.1 Å². The number of nitrogens with two attached hydrogens (primary N) is 1. The van der Waals surface area contributed by atoms with Crippen LogP contribution in [0.2, 0.25) is 0 Å². The highest BCUT2D eigenvalue weighted by molar-refractivity contribution is 7.90. The highest BCUT2D eigenvalue weighted by atomic mass is 32.2. The molecule has 0 aliphatic heterocycles. The van der Waals surface area contributed by atoms with Gasteiger partial charge in [0.15, 0.2) is 0 Å². The van der Waals surface area contributed by atoms with Crippen LogP contribution < -0.4 is 10.5 Å². The van der Waals surface area contributed by atoms with E-state index in [2.05, 4.69) is 20.3 Å². The second kappa shape index (κ2) is 7.60. The lowest BCUT2D eigenvalue weighted by Crippen LogP contribution is -2.35. The maximum atomic E-state index is 12.9. The number of primary sulfonamides is 1. The first-order valence-electron chi connectivity index (χ1n) is 8.55. The van der Waals surface area contributed by atoms with Crippen molar-refractivity contribution in [3.63, 3.8) is 0 Å². The molecule has 0 aliphatic rings. The number of anilines is 2. The van der Waals surface area contributed by atoms with Crippen LogP contribution in [-0.4, -0.2) is 23.4 Å². The minimum absolute atomic E-state index is 0.193. The molecular weight excluding hydrogens is 439 g/mol. The fourth-order valence-corrected chi connectivity index (χ4v) is 4.18. The molecule has 0 aliphatic carbocycles. The molecule has 0 radical (unpaired) electrons. The average Bonchev–Trinajstić information content (AvgIpc) is 3.10. The van der Waals surface area contributed by atoms with Crippen LogP contribution in [0.4, 0.5) is 24.8 Å². The maximum Gasteiger partial charge on any atom is 0.433 e. The van der Waals surface area contributed by atoms with Crippen LogP contribution in [0, 0.1) is 6.92 Å². The third kappa shape index (κ3) is 4.60. The largest absolute Gasteiger partial charge is 0.433 e. The van der Waals surface area contributed by atoms with E-state index in [1.165, 1.54) is 31.4 Å². The Balaban J connectivity index is 1.94. The van der Waals surface area contributed by atoms with E-state index >= 15 is 0 Å². The van der Waals surface area contributed by atoms with Crippen LogP contribution in [0.3, 0.4) is 0 Å². The van der Waals surface area contributed by atoms with Gasteiger partial charge in [0.2, 0.25) is 16.0 Å². The Kier molecular flexibility index (Phi) is 5.60. The molecule has 0 spiro atoms. The van der Waals surface area contributed by atoms with Gasteiger partial charge < -0.3 is 5.32 Å². The van der Waals surface area contributed by atoms with E-state index in [0.717, 1.165) is 17.8 Å². The van der Waals surface area contributed by atoms with Crippen LogP contribution >= 0.6 is 11.3 Å². The number of benzene rings is 1. The molecule has 0 atom stereocenters. The standard InChI is InChI=1S/C18H18F3N5O2S2/c1-10-6-11(13-9-24-15(29-13)17(2,3)30(22,27)28)8-12(7-10)25-16-23-5-4-14(26-16)18(19,20)21/h4-9H,1-3H3,(H2,22,27,28)(H,23,25,26). The van der Waals surface area contributed by atoms with Gasteiger partial charge >= 0.3 is 6.18 Å². The summed E-state index contributed by atoms with van der Waals surface area (Å²) in [6, 6.07) is 6.06. The van der Waals surface area contributed by atoms with Crippen LogP contribution in [0.15, 0.2) is 36.7 Å². The second-order valence-corrected chi connectivity index (χ2v) is 10.2. The van der Waals surface area contributed by atoms with Crippen molar-refractivity contribution >= 4 is 33.0 Å². The quantitative estimate of drug-likeness (QED) is 0.594. The lowest BCUT2D eigenvalue weighted by Gasteiger charge is -2.18. The molecule has 3 rings (SSSR count). The van der Waals surface area contributed by atoms with Crippen molar-refractivity contribution in [2.45, 2.75) is 31.7 Å². The van der Waals surface area contributed by atoms with Crippen LogP contribution in [0.25, 0.3) is 10.4 Å². The fraction of sp³-hybridized carbons (Fsp3) is 0.278. The monoisotopic (exact) mass is 457 g/mol. The number of rotatable bonds is 5. The van der Waals surface area contributed by atoms with E-state index < -0.39 is 26.6 Å². The Morgan fingerprint density at radius 1 is 1.13 bits per heavy atom. The normalized spacial score (nSPS) is 12.8. The zero-order valence-corrected chi connectivity index (χ0v) is 17.8. The van der Waals surface area contributed by atoms with Gasteiger partial charge in [-0.3, -0.25) is 0 Å². The summed E-state index contributed by atoms with van der Waals surface area (Å²) >= 11 is 1.17. The van der Waals surface area contributed by atoms with E-state index in [-0.39, 0.29) is 5.95 Å². The van der Waals surface area contributed by atoms with E-state index in [1.807, 2.05) is 13.0 Å². The summed E-state index contributed by atoms with van der Waals surface area (Å²) in [7, 11) is -3.87. The molecule has 12 heteroatoms. The SMILES string of the molecule is Cc1cc(Nc2nccc(C(F)(F)F)n2)cc(-c2cnc(C(C)(C)S(N)(=O)=O)s2)c1. The Bertz CT molecular complexity index is 1190. The lowest BCUT2D eigenvalue weighted by atomic mass is 10.1. The zero-order valence-electron chi connectivity index (χ0n) is 16.1. The molecule has 3 aromatic rings. The number of sulfonamides is 1. The zero-order chi connectivity index (χ0) is 22.3. The Morgan fingerprint density at radius 2 is 1.83 bits per heavy atom. The predicted molar refractivity (Wildman–Crippen MR) is 109 cm³/mol. The average molecular weight is 458 g/mol. The number of hydrogen-bond donors (Lipinski definition) is 2. The Labute approximate surface area is 175 Å². The molecule has 0 fully saturated rings. The Hall–Kier alpha value is -2.57. The summed E-state index contributed by atoms with van der Waals surface area (Å²) in [6.45, 7) is 4.76. The third-order valence-corrected chi connectivity index (χ3v) is 7.41. The van der Waals surface area contributed by atoms with Crippen molar-refractivity contribution in [3.05, 3.63) is 52.9 Å². The number of nitrogens with one attached hydrogen (secondary N) is 1. The molecule has 0 unspecified atom stereocenters. The molecule has 0 bridgehead atoms. The van der Waals surface area contributed by atoms with Gasteiger partial charge in [0.05, 0.1) is 4.88 Å². The molecule has 2 aromatic heterocycles. The van der Waals surface area contributed by atoms with E-state index in [4.69, 9.17) is 5.14 Å². The Morgan fingerprint density at radius 3 is 2.47 bits per heavy atom. The van der Waals surface area contributed by atoms with E-state index in [1.54, 1.807) is 12.1 Å². The molecule has 160 valence electrons. The molecule has 2 heterocycles. The number of aromatic nitrogens is 3. The maximum absolute atomic E-state index is 12.9. The second-order valence-electron chi connectivity index (χ2n) is 7.06. The molecule has 0 amide bonds. The van der Waals surface area contributed by atoms with Crippen molar-refractivity contribution in [1.29, 1.82) is 0 Å². The minimum atomic E-state index is -4.58. The van der Waals surface area contributed by atoms with Crippen molar-refractivity contribution in [1.82, 2.24) is 15.0 Å². The van der Waals surface area contributed by atoms with Gasteiger partial charge in [-0.15, -0.1) is 11.3 Å². The summed E-state index contributed by atoms with van der Waals surface area (Å²) < 4.78 is 60.9. The van der Waals surface area contributed by atoms with Crippen molar-refractivity contribution in [2.75, 3.05) is 5.32 Å². The van der Waals surface area contributed by atoms with Gasteiger partial charge in [0.25, 0.3) is 0 Å². The van der Waals surface area contributed by atoms with Gasteiger partial charge in [-0.1, -0.05) is 6.07 Å². The number of hydrogen-bond acceptors (Lipinski definition) is 7. The summed E-state index contributed by atoms with van der Waals surface area (Å²) in [4.78, 5) is 12.2. The highest BCUT2D eigenvalue weighted by Crippen LogP contribution is 2.36. The number of thiazole rings is 1. The number of alkyl halides is 3. The molecule has 1 aromatic carbocycles. The van der Waals surface area contributed by atoms with Gasteiger partial charge in [-0.05, 0) is 50.1 Å². The molecule has 30 heavy (non-hydrogen) atoms. The smallest absolute Gasteiger partial charge is 0.324 e. The number of nitrogens with zero attached hydrogens (tertiary/aromatic N) is 3. The number of aryl methyl sites for hydroxylation is 1. The fourth-order valence-electron chi connectivity index (χ4n) is 2.51. The molecule has 3 N–H and O–H groups in total. The first kappa shape index (κ1) is 22.1. The number of halogens is 3. The lowest BCUT2D eigenvalue weighted by molar-refractivity contribution is -0.141. The molecular formula is C18H18F3N5O2S2. The van der Waals surface area contributed by atoms with Gasteiger partial charge in [-0.25, -0.2) is 28.5 Å². The molecule has 0 saturated heterocycles. The summed E-state index contributed by atoms with van der Waals surface area (Å²) in [5.41, 5.74) is 0.955. The van der Waals surface area contributed by atoms with Crippen LogP contribution in [0.5, 0.6) is 0 Å². The van der Waals surface area contributed by atoms with Crippen molar-refractivity contribution < 1.29 is 21.6 Å². The summed E-state index contributed by atoms with van der Waals surface area (Å²) in [5.74, 6) is -0.193. The first-order valence-corrected chi connectivity index (χ1v) is 10.9. The first-order chi connectivity index (χ1) is 13.8. The minimum Gasteiger partial charge on any atom is -0.324 e. The van der Waals surface area contributed by atoms with Crippen LogP contribution in [-0.2, 0) is 20.9 Å². The topological polar surface area (TPSA) is 111 Å². The van der Waals surface area contributed by atoms with Gasteiger partial charge in [0.1, 0.15) is 15.4 Å². The van der Waals surface area contributed by atoms with Gasteiger partial charge in [-0.2, -0.15) is 13.2 Å². The highest BCUT2D eigenvalue weighted by Gasteiger charge is 2.36. The third-order valence-electron chi connectivity index (χ3n) is 4.30. The summed E-state index contributed by atoms with van der Waals surface area (Å²) in [6.07, 6.45) is -2.02. The van der Waals surface area contributed by atoms with Crippen molar-refractivity contribution in [3.8, 4) is 10.4 Å².